The Labute approximate surface area is 102 Å². The number of carbonyl (C=O) groups excluding carboxylic acids is 1. The fraction of sp³-hybridized carbons (Fsp3) is 0.462. The number of rotatable bonds is 4. The second-order valence-electron chi connectivity index (χ2n) is 4.31. The first kappa shape index (κ1) is 13.2. The monoisotopic (exact) mass is 239 g/mol. The van der Waals surface area contributed by atoms with Crippen LogP contribution in [0.2, 0.25) is 5.02 Å². The number of carbonyl (C=O) groups is 1. The van der Waals surface area contributed by atoms with Crippen LogP contribution >= 0.6 is 11.6 Å². The summed E-state index contributed by atoms with van der Waals surface area (Å²) >= 11 is 5.87. The molecule has 1 aromatic carbocycles. The van der Waals surface area contributed by atoms with E-state index in [0.717, 1.165) is 0 Å². The van der Waals surface area contributed by atoms with Gasteiger partial charge in [0, 0.05) is 16.6 Å². The Hall–Kier alpha value is -0.860. The van der Waals surface area contributed by atoms with E-state index in [4.69, 9.17) is 11.6 Å². The van der Waals surface area contributed by atoms with E-state index in [2.05, 4.69) is 13.8 Å². The second kappa shape index (κ2) is 5.46. The maximum Gasteiger partial charge on any atom is 0.179 e. The van der Waals surface area contributed by atoms with Gasteiger partial charge in [0.2, 0.25) is 0 Å². The number of hydrogen-bond donors (Lipinski definition) is 0. The van der Waals surface area contributed by atoms with E-state index >= 15 is 0 Å². The lowest BCUT2D eigenvalue weighted by Gasteiger charge is -2.27. The van der Waals surface area contributed by atoms with Crippen LogP contribution in [0.4, 0.5) is 0 Å². The number of hydrogen-bond acceptors (Lipinski definition) is 2. The zero-order valence-corrected chi connectivity index (χ0v) is 11.0. The molecule has 0 radical (unpaired) electrons. The Balaban J connectivity index is 2.86. The first-order chi connectivity index (χ1) is 7.43. The first-order valence-electron chi connectivity index (χ1n) is 5.45. The van der Waals surface area contributed by atoms with E-state index in [9.17, 15) is 4.79 Å². The minimum absolute atomic E-state index is 0.110. The highest BCUT2D eigenvalue weighted by Crippen LogP contribution is 2.14. The van der Waals surface area contributed by atoms with Gasteiger partial charge in [-0.05, 0) is 40.0 Å². The van der Waals surface area contributed by atoms with Crippen molar-refractivity contribution in [2.45, 2.75) is 32.9 Å². The fourth-order valence-corrected chi connectivity index (χ4v) is 1.71. The zero-order chi connectivity index (χ0) is 12.3. The first-order valence-corrected chi connectivity index (χ1v) is 5.83. The van der Waals surface area contributed by atoms with Gasteiger partial charge in [-0.25, -0.2) is 0 Å². The molecule has 0 aliphatic heterocycles. The highest BCUT2D eigenvalue weighted by molar-refractivity contribution is 6.31. The van der Waals surface area contributed by atoms with E-state index < -0.39 is 0 Å². The van der Waals surface area contributed by atoms with Crippen LogP contribution in [0, 0.1) is 0 Å². The number of Topliss-reactive ketones (excluding diaryl/α,β-unsaturated/α-hetero) is 1. The molecule has 88 valence electrons. The summed E-state index contributed by atoms with van der Waals surface area (Å²) in [5.41, 5.74) is 0.674. The summed E-state index contributed by atoms with van der Waals surface area (Å²) in [5.74, 6) is 0.110. The molecule has 0 heterocycles. The molecule has 2 nitrogen and oxygen atoms in total. The van der Waals surface area contributed by atoms with Gasteiger partial charge in [0.15, 0.2) is 5.78 Å². The number of halogens is 1. The molecule has 0 amide bonds. The van der Waals surface area contributed by atoms with E-state index in [1.807, 2.05) is 18.9 Å². The molecule has 0 aliphatic carbocycles. The molecule has 0 fully saturated rings. The quantitative estimate of drug-likeness (QED) is 0.752. The molecule has 0 N–H and O–H groups in total. The molecule has 1 atom stereocenters. The van der Waals surface area contributed by atoms with Crippen LogP contribution in [-0.4, -0.2) is 29.8 Å². The van der Waals surface area contributed by atoms with Crippen molar-refractivity contribution < 1.29 is 4.79 Å². The standard InChI is InChI=1S/C13H18ClNO/c1-9(2)15(4)10(3)13(16)11-6-5-7-12(14)8-11/h5-10H,1-4H3. The normalized spacial score (nSPS) is 13.2. The van der Waals surface area contributed by atoms with Crippen molar-refractivity contribution in [3.8, 4) is 0 Å². The molecular weight excluding hydrogens is 222 g/mol. The van der Waals surface area contributed by atoms with Gasteiger partial charge in [0.1, 0.15) is 0 Å². The van der Waals surface area contributed by atoms with Crippen molar-refractivity contribution in [3.05, 3.63) is 34.9 Å². The molecule has 0 spiro atoms. The summed E-state index contributed by atoms with van der Waals surface area (Å²) in [6.45, 7) is 6.06. The molecule has 0 saturated heterocycles. The predicted molar refractivity (Wildman–Crippen MR) is 68.1 cm³/mol. The second-order valence-corrected chi connectivity index (χ2v) is 4.75. The summed E-state index contributed by atoms with van der Waals surface area (Å²) in [6.07, 6.45) is 0. The van der Waals surface area contributed by atoms with E-state index in [1.165, 1.54) is 0 Å². The van der Waals surface area contributed by atoms with E-state index in [1.54, 1.807) is 24.3 Å². The minimum atomic E-state index is -0.126. The van der Waals surface area contributed by atoms with Gasteiger partial charge in [0.25, 0.3) is 0 Å². The molecule has 0 bridgehead atoms. The maximum absolute atomic E-state index is 12.1. The molecule has 0 aliphatic rings. The van der Waals surface area contributed by atoms with Gasteiger partial charge in [-0.15, -0.1) is 0 Å². The average molecular weight is 240 g/mol. The lowest BCUT2D eigenvalue weighted by Crippen LogP contribution is -2.40. The van der Waals surface area contributed by atoms with Crippen molar-refractivity contribution in [2.24, 2.45) is 0 Å². The Kier molecular flexibility index (Phi) is 4.51. The van der Waals surface area contributed by atoms with Gasteiger partial charge < -0.3 is 0 Å². The Morgan fingerprint density at radius 2 is 1.94 bits per heavy atom. The van der Waals surface area contributed by atoms with Crippen LogP contribution in [0.1, 0.15) is 31.1 Å². The van der Waals surface area contributed by atoms with Crippen LogP contribution in [0.15, 0.2) is 24.3 Å². The predicted octanol–water partition coefficient (Wildman–Crippen LogP) is 3.25. The Bertz CT molecular complexity index is 376. The van der Waals surface area contributed by atoms with E-state index in [0.29, 0.717) is 16.6 Å². The topological polar surface area (TPSA) is 20.3 Å². The minimum Gasteiger partial charge on any atom is -0.294 e. The lowest BCUT2D eigenvalue weighted by molar-refractivity contribution is 0.0836. The fourth-order valence-electron chi connectivity index (χ4n) is 1.52. The van der Waals surface area contributed by atoms with Crippen molar-refractivity contribution in [1.29, 1.82) is 0 Å². The molecule has 0 aromatic heterocycles. The van der Waals surface area contributed by atoms with Crippen molar-refractivity contribution in [3.63, 3.8) is 0 Å². The van der Waals surface area contributed by atoms with Crippen LogP contribution in [0.25, 0.3) is 0 Å². The highest BCUT2D eigenvalue weighted by Gasteiger charge is 2.21. The molecule has 3 heteroatoms. The van der Waals surface area contributed by atoms with Crippen LogP contribution < -0.4 is 0 Å². The molecule has 1 rings (SSSR count). The van der Waals surface area contributed by atoms with E-state index in [-0.39, 0.29) is 11.8 Å². The lowest BCUT2D eigenvalue weighted by atomic mass is 10.0. The van der Waals surface area contributed by atoms with Crippen molar-refractivity contribution >= 4 is 17.4 Å². The third-order valence-corrected chi connectivity index (χ3v) is 3.15. The zero-order valence-electron chi connectivity index (χ0n) is 10.2. The molecule has 0 saturated carbocycles. The summed E-state index contributed by atoms with van der Waals surface area (Å²) in [4.78, 5) is 14.2. The SMILES string of the molecule is CC(C)N(C)C(C)C(=O)c1cccc(Cl)c1. The van der Waals surface area contributed by atoms with Crippen LogP contribution in [0.5, 0.6) is 0 Å². The molecule has 1 unspecified atom stereocenters. The Morgan fingerprint density at radius 1 is 1.31 bits per heavy atom. The maximum atomic E-state index is 12.1. The summed E-state index contributed by atoms with van der Waals surface area (Å²) in [6, 6.07) is 7.32. The largest absolute Gasteiger partial charge is 0.294 e. The third kappa shape index (κ3) is 3.06. The highest BCUT2D eigenvalue weighted by atomic mass is 35.5. The third-order valence-electron chi connectivity index (χ3n) is 2.91. The van der Waals surface area contributed by atoms with Crippen LogP contribution in [-0.2, 0) is 0 Å². The van der Waals surface area contributed by atoms with Gasteiger partial charge in [0.05, 0.1) is 6.04 Å². The van der Waals surface area contributed by atoms with Gasteiger partial charge in [-0.1, -0.05) is 23.7 Å². The number of ketones is 1. The van der Waals surface area contributed by atoms with Gasteiger partial charge in [-0.3, -0.25) is 9.69 Å². The van der Waals surface area contributed by atoms with Crippen LogP contribution in [0.3, 0.4) is 0 Å². The average Bonchev–Trinajstić information content (AvgIpc) is 2.26. The number of likely N-dealkylation sites (N-methyl/N-ethyl adjacent to an activating group) is 1. The smallest absolute Gasteiger partial charge is 0.179 e. The van der Waals surface area contributed by atoms with Crippen molar-refractivity contribution in [1.82, 2.24) is 4.90 Å². The molecule has 16 heavy (non-hydrogen) atoms. The van der Waals surface area contributed by atoms with Gasteiger partial charge >= 0.3 is 0 Å². The number of nitrogens with zero attached hydrogens (tertiary/aromatic N) is 1. The molecular formula is C13H18ClNO. The van der Waals surface area contributed by atoms with Gasteiger partial charge in [-0.2, -0.15) is 0 Å². The Morgan fingerprint density at radius 3 is 2.44 bits per heavy atom. The summed E-state index contributed by atoms with van der Waals surface area (Å²) in [5, 5.41) is 0.602. The van der Waals surface area contributed by atoms with Crippen molar-refractivity contribution in [2.75, 3.05) is 7.05 Å². The molecule has 1 aromatic rings. The number of benzene rings is 1. The summed E-state index contributed by atoms with van der Waals surface area (Å²) < 4.78 is 0. The summed E-state index contributed by atoms with van der Waals surface area (Å²) in [7, 11) is 1.96.